The summed E-state index contributed by atoms with van der Waals surface area (Å²) < 4.78 is 5.28. The quantitative estimate of drug-likeness (QED) is 0.635. The summed E-state index contributed by atoms with van der Waals surface area (Å²) in [6.07, 6.45) is 6.22. The van der Waals surface area contributed by atoms with Crippen LogP contribution in [0.3, 0.4) is 0 Å². The van der Waals surface area contributed by atoms with Crippen LogP contribution in [0.5, 0.6) is 0 Å². The Labute approximate surface area is 85.7 Å². The van der Waals surface area contributed by atoms with Gasteiger partial charge in [-0.25, -0.2) is 0 Å². The van der Waals surface area contributed by atoms with Crippen LogP contribution in [0.4, 0.5) is 0 Å². The summed E-state index contributed by atoms with van der Waals surface area (Å²) in [6, 6.07) is 0. The molecular weight excluding hydrogens is 178 g/mol. The number of nitrogens with zero attached hydrogens (tertiary/aromatic N) is 1. The second kappa shape index (κ2) is 5.94. The Morgan fingerprint density at radius 3 is 2.64 bits per heavy atom. The number of hydrogen-bond acceptors (Lipinski definition) is 3. The molecule has 3 nitrogen and oxygen atoms in total. The topological polar surface area (TPSA) is 29.5 Å². The third kappa shape index (κ3) is 4.03. The molecule has 1 saturated heterocycles. The van der Waals surface area contributed by atoms with Crippen LogP contribution in [0.1, 0.15) is 19.8 Å². The first-order valence-electron chi connectivity index (χ1n) is 5.14. The second-order valence-electron chi connectivity index (χ2n) is 3.75. The molecule has 1 fully saturated rings. The molecule has 0 radical (unpaired) electrons. The van der Waals surface area contributed by atoms with Crippen molar-refractivity contribution in [1.29, 1.82) is 0 Å². The van der Waals surface area contributed by atoms with E-state index in [0.717, 1.165) is 32.5 Å². The predicted octanol–water partition coefficient (Wildman–Crippen LogP) is 1.24. The molecule has 0 aromatic carbocycles. The number of rotatable bonds is 4. The minimum atomic E-state index is 0.122. The molecule has 0 amide bonds. The molecule has 0 aromatic rings. The van der Waals surface area contributed by atoms with E-state index in [1.54, 1.807) is 20.1 Å². The Morgan fingerprint density at radius 2 is 2.14 bits per heavy atom. The summed E-state index contributed by atoms with van der Waals surface area (Å²) in [5, 5.41) is 0. The van der Waals surface area contributed by atoms with Gasteiger partial charge in [-0.2, -0.15) is 0 Å². The average Bonchev–Trinajstić information content (AvgIpc) is 2.18. The lowest BCUT2D eigenvalue weighted by Gasteiger charge is -2.30. The van der Waals surface area contributed by atoms with Crippen LogP contribution < -0.4 is 0 Å². The van der Waals surface area contributed by atoms with E-state index in [0.29, 0.717) is 6.10 Å². The van der Waals surface area contributed by atoms with Crippen LogP contribution in [0.2, 0.25) is 0 Å². The van der Waals surface area contributed by atoms with Crippen molar-refractivity contribution < 1.29 is 9.53 Å². The zero-order chi connectivity index (χ0) is 10.4. The summed E-state index contributed by atoms with van der Waals surface area (Å²) in [5.74, 6) is 0.122. The molecule has 1 rings (SSSR count). The van der Waals surface area contributed by atoms with Gasteiger partial charge in [0.2, 0.25) is 0 Å². The van der Waals surface area contributed by atoms with Gasteiger partial charge < -0.3 is 4.74 Å². The number of likely N-dealkylation sites (tertiary alicyclic amines) is 1. The number of allylic oxidation sites excluding steroid dienone is 1. The van der Waals surface area contributed by atoms with Gasteiger partial charge in [-0.1, -0.05) is 6.08 Å². The molecule has 0 atom stereocenters. The SMILES string of the molecule is COC1CCN(C/C=C/C(C)=O)CC1. The molecule has 3 heteroatoms. The van der Waals surface area contributed by atoms with Crippen molar-refractivity contribution in [3.8, 4) is 0 Å². The lowest BCUT2D eigenvalue weighted by Crippen LogP contribution is -2.36. The molecule has 0 unspecified atom stereocenters. The van der Waals surface area contributed by atoms with Crippen LogP contribution in [0.15, 0.2) is 12.2 Å². The van der Waals surface area contributed by atoms with Crippen molar-refractivity contribution in [3.63, 3.8) is 0 Å². The highest BCUT2D eigenvalue weighted by Gasteiger charge is 2.17. The van der Waals surface area contributed by atoms with Crippen molar-refractivity contribution in [1.82, 2.24) is 4.90 Å². The Kier molecular flexibility index (Phi) is 4.84. The van der Waals surface area contributed by atoms with Crippen molar-refractivity contribution in [2.75, 3.05) is 26.7 Å². The van der Waals surface area contributed by atoms with Crippen LogP contribution in [-0.4, -0.2) is 43.5 Å². The number of methoxy groups -OCH3 is 1. The fourth-order valence-corrected chi connectivity index (χ4v) is 1.70. The van der Waals surface area contributed by atoms with Gasteiger partial charge in [-0.05, 0) is 25.8 Å². The van der Waals surface area contributed by atoms with Gasteiger partial charge in [-0.3, -0.25) is 9.69 Å². The smallest absolute Gasteiger partial charge is 0.152 e. The minimum absolute atomic E-state index is 0.122. The lowest BCUT2D eigenvalue weighted by molar-refractivity contribution is -0.112. The molecule has 0 bridgehead atoms. The number of hydrogen-bond donors (Lipinski definition) is 0. The Balaban J connectivity index is 2.19. The summed E-state index contributed by atoms with van der Waals surface area (Å²) >= 11 is 0. The third-order valence-corrected chi connectivity index (χ3v) is 2.58. The van der Waals surface area contributed by atoms with Crippen molar-refractivity contribution >= 4 is 5.78 Å². The maximum absolute atomic E-state index is 10.7. The molecule has 0 aliphatic carbocycles. The van der Waals surface area contributed by atoms with Crippen LogP contribution >= 0.6 is 0 Å². The second-order valence-corrected chi connectivity index (χ2v) is 3.75. The van der Waals surface area contributed by atoms with Crippen molar-refractivity contribution in [2.24, 2.45) is 0 Å². The first kappa shape index (κ1) is 11.4. The summed E-state index contributed by atoms with van der Waals surface area (Å²) in [6.45, 7) is 4.60. The third-order valence-electron chi connectivity index (χ3n) is 2.58. The molecular formula is C11H19NO2. The predicted molar refractivity (Wildman–Crippen MR) is 56.3 cm³/mol. The van der Waals surface area contributed by atoms with E-state index in [1.807, 2.05) is 6.08 Å². The molecule has 0 aromatic heterocycles. The van der Waals surface area contributed by atoms with Gasteiger partial charge in [0, 0.05) is 26.7 Å². The highest BCUT2D eigenvalue weighted by Crippen LogP contribution is 2.12. The summed E-state index contributed by atoms with van der Waals surface area (Å²) in [7, 11) is 1.77. The molecule has 80 valence electrons. The highest BCUT2D eigenvalue weighted by atomic mass is 16.5. The van der Waals surface area contributed by atoms with Gasteiger partial charge in [-0.15, -0.1) is 0 Å². The van der Waals surface area contributed by atoms with Crippen molar-refractivity contribution in [2.45, 2.75) is 25.9 Å². The van der Waals surface area contributed by atoms with Crippen LogP contribution in [0.25, 0.3) is 0 Å². The zero-order valence-corrected chi connectivity index (χ0v) is 9.03. The van der Waals surface area contributed by atoms with E-state index in [1.165, 1.54) is 0 Å². The number of carbonyl (C=O) groups excluding carboxylic acids is 1. The molecule has 14 heavy (non-hydrogen) atoms. The van der Waals surface area contributed by atoms with Crippen molar-refractivity contribution in [3.05, 3.63) is 12.2 Å². The molecule has 0 N–H and O–H groups in total. The number of ketones is 1. The van der Waals surface area contributed by atoms with Gasteiger partial charge in [0.15, 0.2) is 5.78 Å². The normalized spacial score (nSPS) is 20.4. The van der Waals surface area contributed by atoms with E-state index in [9.17, 15) is 4.79 Å². The first-order valence-corrected chi connectivity index (χ1v) is 5.14. The standard InChI is InChI=1S/C11H19NO2/c1-10(13)4-3-7-12-8-5-11(14-2)6-9-12/h3-4,11H,5-9H2,1-2H3/b4-3+. The van der Waals surface area contributed by atoms with Gasteiger partial charge >= 0.3 is 0 Å². The number of ether oxygens (including phenoxy) is 1. The van der Waals surface area contributed by atoms with Crippen LogP contribution in [0, 0.1) is 0 Å². The molecule has 0 spiro atoms. The molecule has 0 saturated carbocycles. The van der Waals surface area contributed by atoms with E-state index >= 15 is 0 Å². The van der Waals surface area contributed by atoms with E-state index < -0.39 is 0 Å². The largest absolute Gasteiger partial charge is 0.381 e. The highest BCUT2D eigenvalue weighted by molar-refractivity contribution is 5.87. The fraction of sp³-hybridized carbons (Fsp3) is 0.727. The van der Waals surface area contributed by atoms with E-state index in [-0.39, 0.29) is 5.78 Å². The number of piperidine rings is 1. The maximum Gasteiger partial charge on any atom is 0.152 e. The Bertz CT molecular complexity index is 205. The number of carbonyl (C=O) groups is 1. The lowest BCUT2D eigenvalue weighted by atomic mass is 10.1. The van der Waals surface area contributed by atoms with Crippen LogP contribution in [-0.2, 0) is 9.53 Å². The molecule has 1 heterocycles. The average molecular weight is 197 g/mol. The van der Waals surface area contributed by atoms with Gasteiger partial charge in [0.1, 0.15) is 0 Å². The van der Waals surface area contributed by atoms with Gasteiger partial charge in [0.05, 0.1) is 6.10 Å². The summed E-state index contributed by atoms with van der Waals surface area (Å²) in [4.78, 5) is 13.0. The van der Waals surface area contributed by atoms with E-state index in [4.69, 9.17) is 4.74 Å². The Morgan fingerprint density at radius 1 is 1.50 bits per heavy atom. The van der Waals surface area contributed by atoms with E-state index in [2.05, 4.69) is 4.90 Å². The first-order chi connectivity index (χ1) is 6.72. The Hall–Kier alpha value is -0.670. The molecule has 1 aliphatic heterocycles. The monoisotopic (exact) mass is 197 g/mol. The maximum atomic E-state index is 10.7. The zero-order valence-electron chi connectivity index (χ0n) is 9.03. The summed E-state index contributed by atoms with van der Waals surface area (Å²) in [5.41, 5.74) is 0. The fourth-order valence-electron chi connectivity index (χ4n) is 1.70. The van der Waals surface area contributed by atoms with Gasteiger partial charge in [0.25, 0.3) is 0 Å². The minimum Gasteiger partial charge on any atom is -0.381 e. The molecule has 1 aliphatic rings.